The van der Waals surface area contributed by atoms with Crippen LogP contribution in [0.15, 0.2) is 27.0 Å². The minimum atomic E-state index is -0.0891. The van der Waals surface area contributed by atoms with Crippen LogP contribution in [-0.2, 0) is 13.0 Å². The first-order chi connectivity index (χ1) is 11.1. The number of benzene rings is 1. The smallest absolute Gasteiger partial charge is 0.257 e. The van der Waals surface area contributed by atoms with E-state index in [0.717, 1.165) is 10.2 Å². The summed E-state index contributed by atoms with van der Waals surface area (Å²) in [5.41, 5.74) is 2.11. The number of hydrogen-bond donors (Lipinski definition) is 1. The van der Waals surface area contributed by atoms with Gasteiger partial charge in [-0.2, -0.15) is 0 Å². The molecule has 2 aliphatic heterocycles. The molecule has 1 atom stereocenters. The number of nitrogens with zero attached hydrogens (tertiary/aromatic N) is 2. The van der Waals surface area contributed by atoms with Gasteiger partial charge in [-0.3, -0.25) is 9.79 Å². The van der Waals surface area contributed by atoms with Crippen molar-refractivity contribution >= 4 is 45.1 Å². The van der Waals surface area contributed by atoms with Crippen LogP contribution in [0.4, 0.5) is 5.69 Å². The minimum absolute atomic E-state index is 0.0147. The van der Waals surface area contributed by atoms with Crippen LogP contribution < -0.4 is 4.74 Å². The van der Waals surface area contributed by atoms with E-state index in [9.17, 15) is 9.90 Å². The van der Waals surface area contributed by atoms with Crippen molar-refractivity contribution in [3.63, 3.8) is 0 Å². The summed E-state index contributed by atoms with van der Waals surface area (Å²) < 4.78 is 6.20. The molecule has 0 bridgehead atoms. The highest BCUT2D eigenvalue weighted by Gasteiger charge is 2.34. The fourth-order valence-corrected chi connectivity index (χ4v) is 4.82. The molecule has 1 amide bonds. The largest absolute Gasteiger partial charge is 0.504 e. The Labute approximate surface area is 145 Å². The average Bonchev–Trinajstić information content (AvgIpc) is 2.84. The van der Waals surface area contributed by atoms with E-state index >= 15 is 0 Å². The summed E-state index contributed by atoms with van der Waals surface area (Å²) in [6.45, 7) is 0.565. The van der Waals surface area contributed by atoms with E-state index in [1.165, 1.54) is 23.6 Å². The number of aliphatic imine (C=N–C) groups is 1. The van der Waals surface area contributed by atoms with Gasteiger partial charge < -0.3 is 14.7 Å². The number of rotatable bonds is 1. The van der Waals surface area contributed by atoms with E-state index in [2.05, 4.69) is 27.0 Å². The van der Waals surface area contributed by atoms with Crippen LogP contribution in [0.5, 0.6) is 11.5 Å². The molecule has 2 aromatic rings. The van der Waals surface area contributed by atoms with Crippen molar-refractivity contribution < 1.29 is 14.6 Å². The number of hydrogen-bond acceptors (Lipinski definition) is 5. The number of methoxy groups -OCH3 is 1. The maximum atomic E-state index is 13.0. The zero-order chi connectivity index (χ0) is 16.1. The summed E-state index contributed by atoms with van der Waals surface area (Å²) in [7, 11) is 1.46. The fourth-order valence-electron chi connectivity index (χ4n) is 3.01. The molecule has 4 rings (SSSR count). The third-order valence-corrected chi connectivity index (χ3v) is 5.88. The summed E-state index contributed by atoms with van der Waals surface area (Å²) >= 11 is 5.22. The molecule has 0 aliphatic carbocycles. The molecule has 1 aromatic carbocycles. The number of fused-ring (bicyclic) bond motifs is 3. The quantitative estimate of drug-likeness (QED) is 0.807. The minimum Gasteiger partial charge on any atom is -0.504 e. The summed E-state index contributed by atoms with van der Waals surface area (Å²) in [5.74, 6) is 0.176. The Hall–Kier alpha value is -1.86. The lowest BCUT2D eigenvalue weighted by Crippen LogP contribution is -2.44. The fraction of sp³-hybridized carbons (Fsp3) is 0.250. The van der Waals surface area contributed by atoms with Crippen LogP contribution >= 0.6 is 27.3 Å². The normalized spacial score (nSPS) is 19.0. The predicted octanol–water partition coefficient (Wildman–Crippen LogP) is 3.51. The van der Waals surface area contributed by atoms with Crippen molar-refractivity contribution in [2.75, 3.05) is 7.11 Å². The molecule has 0 spiro atoms. The van der Waals surface area contributed by atoms with E-state index in [1.54, 1.807) is 23.6 Å². The molecule has 23 heavy (non-hydrogen) atoms. The van der Waals surface area contributed by atoms with Crippen LogP contribution in [0.3, 0.4) is 0 Å². The maximum Gasteiger partial charge on any atom is 0.257 e. The maximum absolute atomic E-state index is 13.0. The topological polar surface area (TPSA) is 62.1 Å². The van der Waals surface area contributed by atoms with Gasteiger partial charge in [-0.05, 0) is 33.6 Å². The number of amides is 1. The monoisotopic (exact) mass is 392 g/mol. The lowest BCUT2D eigenvalue weighted by molar-refractivity contribution is 0.0705. The van der Waals surface area contributed by atoms with Gasteiger partial charge in [0, 0.05) is 30.1 Å². The molecule has 0 saturated carbocycles. The van der Waals surface area contributed by atoms with Gasteiger partial charge in [-0.25, -0.2) is 0 Å². The molecule has 0 saturated heterocycles. The first-order valence-electron chi connectivity index (χ1n) is 7.10. The van der Waals surface area contributed by atoms with Crippen LogP contribution in [0.2, 0.25) is 0 Å². The number of carbonyl (C=O) groups excluding carboxylic acids is 1. The number of ether oxygens (including phenoxy) is 1. The van der Waals surface area contributed by atoms with E-state index in [1.807, 2.05) is 4.90 Å². The lowest BCUT2D eigenvalue weighted by atomic mass is 10.0. The number of phenols is 1. The Morgan fingerprint density at radius 2 is 2.26 bits per heavy atom. The first kappa shape index (κ1) is 14.7. The summed E-state index contributed by atoms with van der Waals surface area (Å²) in [6, 6.07) is 5.05. The third-order valence-electron chi connectivity index (χ3n) is 4.18. The van der Waals surface area contributed by atoms with Crippen molar-refractivity contribution in [2.45, 2.75) is 19.0 Å². The van der Waals surface area contributed by atoms with Crippen LogP contribution in [0.25, 0.3) is 0 Å². The van der Waals surface area contributed by atoms with E-state index in [0.29, 0.717) is 17.8 Å². The molecular weight excluding hydrogens is 380 g/mol. The van der Waals surface area contributed by atoms with E-state index in [-0.39, 0.29) is 23.4 Å². The zero-order valence-corrected chi connectivity index (χ0v) is 14.6. The molecule has 1 N–H and O–H groups in total. The second-order valence-corrected chi connectivity index (χ2v) is 8.04. The first-order valence-corrected chi connectivity index (χ1v) is 8.71. The van der Waals surface area contributed by atoms with Gasteiger partial charge in [-0.15, -0.1) is 11.3 Å². The third kappa shape index (κ3) is 2.35. The van der Waals surface area contributed by atoms with Crippen LogP contribution in [-0.4, -0.2) is 35.3 Å². The Bertz CT molecular complexity index is 846. The summed E-state index contributed by atoms with van der Waals surface area (Å²) in [4.78, 5) is 20.5. The van der Waals surface area contributed by atoms with Crippen molar-refractivity contribution in [2.24, 2.45) is 4.99 Å². The Morgan fingerprint density at radius 3 is 3.04 bits per heavy atom. The molecule has 5 nitrogen and oxygen atoms in total. The van der Waals surface area contributed by atoms with Gasteiger partial charge in [-0.1, -0.05) is 0 Å². The highest BCUT2D eigenvalue weighted by Crippen LogP contribution is 2.39. The summed E-state index contributed by atoms with van der Waals surface area (Å²) in [5, 5.41) is 9.92. The van der Waals surface area contributed by atoms with Gasteiger partial charge in [0.05, 0.1) is 28.2 Å². The lowest BCUT2D eigenvalue weighted by Gasteiger charge is -2.32. The molecule has 7 heteroatoms. The highest BCUT2D eigenvalue weighted by atomic mass is 79.9. The van der Waals surface area contributed by atoms with Crippen molar-refractivity contribution in [1.82, 2.24) is 4.90 Å². The van der Waals surface area contributed by atoms with Crippen molar-refractivity contribution in [1.29, 1.82) is 0 Å². The second kappa shape index (κ2) is 5.35. The molecule has 1 unspecified atom stereocenters. The SMILES string of the molecule is COc1cc2c(cc1O)N=CC1Cc3sc(Br)cc3CN1C2=O. The Balaban J connectivity index is 1.79. The zero-order valence-electron chi connectivity index (χ0n) is 12.2. The van der Waals surface area contributed by atoms with E-state index < -0.39 is 0 Å². The molecular formula is C16H13BrN2O3S. The Kier molecular flexibility index (Phi) is 3.42. The summed E-state index contributed by atoms with van der Waals surface area (Å²) in [6.07, 6.45) is 2.56. The number of thiophene rings is 1. The van der Waals surface area contributed by atoms with Crippen LogP contribution in [0.1, 0.15) is 20.8 Å². The van der Waals surface area contributed by atoms with Gasteiger partial charge in [0.2, 0.25) is 0 Å². The Morgan fingerprint density at radius 1 is 1.43 bits per heavy atom. The van der Waals surface area contributed by atoms with Gasteiger partial charge >= 0.3 is 0 Å². The van der Waals surface area contributed by atoms with Crippen LogP contribution in [0, 0.1) is 0 Å². The van der Waals surface area contributed by atoms with Gasteiger partial charge in [0.25, 0.3) is 5.91 Å². The van der Waals surface area contributed by atoms with Gasteiger partial charge in [0.1, 0.15) is 0 Å². The number of carbonyl (C=O) groups is 1. The number of phenolic OH excluding ortho intramolecular Hbond substituents is 1. The second-order valence-electron chi connectivity index (χ2n) is 5.52. The molecule has 3 heterocycles. The highest BCUT2D eigenvalue weighted by molar-refractivity contribution is 9.11. The van der Waals surface area contributed by atoms with Crippen molar-refractivity contribution in [3.8, 4) is 11.5 Å². The molecule has 2 aliphatic rings. The van der Waals surface area contributed by atoms with Gasteiger partial charge in [0.15, 0.2) is 11.5 Å². The molecule has 0 fully saturated rings. The molecule has 0 radical (unpaired) electrons. The van der Waals surface area contributed by atoms with E-state index in [4.69, 9.17) is 4.74 Å². The molecule has 1 aromatic heterocycles. The number of halogens is 1. The van der Waals surface area contributed by atoms with Crippen molar-refractivity contribution in [3.05, 3.63) is 38.0 Å². The number of aromatic hydroxyl groups is 1. The average molecular weight is 393 g/mol. The predicted molar refractivity (Wildman–Crippen MR) is 92.2 cm³/mol. The molecule has 118 valence electrons. The standard InChI is InChI=1S/C16H13BrN2O3S/c1-22-13-4-10-11(5-12(13)20)18-6-9-3-14-8(2-15(17)23-14)7-19(9)16(10)21/h2,4-6,9,20H,3,7H2,1H3.